The van der Waals surface area contributed by atoms with Crippen molar-refractivity contribution < 1.29 is 0 Å². The van der Waals surface area contributed by atoms with Crippen LogP contribution in [-0.4, -0.2) is 10.5 Å². The van der Waals surface area contributed by atoms with Gasteiger partial charge in [-0.3, -0.25) is 0 Å². The van der Waals surface area contributed by atoms with Crippen molar-refractivity contribution >= 4 is 11.3 Å². The summed E-state index contributed by atoms with van der Waals surface area (Å²) in [5, 5.41) is 4.88. The summed E-state index contributed by atoms with van der Waals surface area (Å²) in [6.07, 6.45) is 6.21. The number of fused-ring (bicyclic) bond motifs is 1. The van der Waals surface area contributed by atoms with Crippen molar-refractivity contribution in [1.82, 2.24) is 10.3 Å². The fourth-order valence-electron chi connectivity index (χ4n) is 2.35. The van der Waals surface area contributed by atoms with Crippen LogP contribution in [0, 0.1) is 0 Å². The monoisotopic (exact) mass is 238 g/mol. The van der Waals surface area contributed by atoms with E-state index in [1.165, 1.54) is 47.7 Å². The quantitative estimate of drug-likeness (QED) is 0.851. The Bertz CT molecular complexity index is 333. The lowest BCUT2D eigenvalue weighted by atomic mass is 9.99. The number of nitrogens with zero attached hydrogens (tertiary/aromatic N) is 1. The van der Waals surface area contributed by atoms with E-state index >= 15 is 0 Å². The third-order valence-corrected chi connectivity index (χ3v) is 4.39. The molecule has 0 unspecified atom stereocenters. The lowest BCUT2D eigenvalue weighted by molar-refractivity contribution is 0.356. The largest absolute Gasteiger partial charge is 0.305 e. The predicted molar refractivity (Wildman–Crippen MR) is 70.0 cm³/mol. The standard InChI is InChI=1S/C13H22N2S/c1-4-8-13(2,3)14-9-12-15-10-6-5-7-11(10)16-12/h14H,4-9H2,1-3H3. The molecular formula is C13H22N2S. The van der Waals surface area contributed by atoms with E-state index in [9.17, 15) is 0 Å². The average molecular weight is 238 g/mol. The third kappa shape index (κ3) is 2.83. The Balaban J connectivity index is 1.90. The summed E-state index contributed by atoms with van der Waals surface area (Å²) >= 11 is 1.91. The zero-order valence-electron chi connectivity index (χ0n) is 10.6. The lowest BCUT2D eigenvalue weighted by Crippen LogP contribution is -2.38. The fourth-order valence-corrected chi connectivity index (χ4v) is 3.44. The van der Waals surface area contributed by atoms with Crippen LogP contribution < -0.4 is 5.32 Å². The van der Waals surface area contributed by atoms with Crippen LogP contribution in [0.5, 0.6) is 0 Å². The van der Waals surface area contributed by atoms with E-state index in [2.05, 4.69) is 26.1 Å². The maximum Gasteiger partial charge on any atom is 0.107 e. The van der Waals surface area contributed by atoms with Crippen LogP contribution in [0.25, 0.3) is 0 Å². The molecule has 0 fully saturated rings. The van der Waals surface area contributed by atoms with Gasteiger partial charge in [0.1, 0.15) is 5.01 Å². The third-order valence-electron chi connectivity index (χ3n) is 3.23. The highest BCUT2D eigenvalue weighted by Crippen LogP contribution is 2.27. The van der Waals surface area contributed by atoms with Crippen LogP contribution in [0.3, 0.4) is 0 Å². The second-order valence-electron chi connectivity index (χ2n) is 5.32. The van der Waals surface area contributed by atoms with Gasteiger partial charge in [-0.1, -0.05) is 13.3 Å². The van der Waals surface area contributed by atoms with Gasteiger partial charge in [0.25, 0.3) is 0 Å². The van der Waals surface area contributed by atoms with Gasteiger partial charge in [-0.2, -0.15) is 0 Å². The smallest absolute Gasteiger partial charge is 0.107 e. The predicted octanol–water partition coefficient (Wildman–Crippen LogP) is 3.30. The zero-order valence-corrected chi connectivity index (χ0v) is 11.4. The Labute approximate surface area is 102 Å². The minimum absolute atomic E-state index is 0.241. The molecule has 1 N–H and O–H groups in total. The van der Waals surface area contributed by atoms with Crippen molar-refractivity contribution in [2.24, 2.45) is 0 Å². The van der Waals surface area contributed by atoms with E-state index in [0.29, 0.717) is 0 Å². The minimum atomic E-state index is 0.241. The lowest BCUT2D eigenvalue weighted by Gasteiger charge is -2.25. The van der Waals surface area contributed by atoms with Gasteiger partial charge in [-0.05, 0) is 39.5 Å². The molecule has 1 heterocycles. The molecule has 1 aromatic rings. The van der Waals surface area contributed by atoms with Gasteiger partial charge in [-0.25, -0.2) is 4.98 Å². The molecule has 0 spiro atoms. The minimum Gasteiger partial charge on any atom is -0.305 e. The van der Waals surface area contributed by atoms with Gasteiger partial charge in [0.15, 0.2) is 0 Å². The van der Waals surface area contributed by atoms with Gasteiger partial charge >= 0.3 is 0 Å². The Kier molecular flexibility index (Phi) is 3.65. The molecule has 16 heavy (non-hydrogen) atoms. The summed E-state index contributed by atoms with van der Waals surface area (Å²) < 4.78 is 0. The van der Waals surface area contributed by atoms with Crippen LogP contribution >= 0.6 is 11.3 Å². The van der Waals surface area contributed by atoms with Crippen LogP contribution in [0.15, 0.2) is 0 Å². The number of thiazole rings is 1. The van der Waals surface area contributed by atoms with E-state index in [-0.39, 0.29) is 5.54 Å². The Morgan fingerprint density at radius 1 is 1.38 bits per heavy atom. The van der Waals surface area contributed by atoms with E-state index in [1.807, 2.05) is 11.3 Å². The van der Waals surface area contributed by atoms with Crippen molar-refractivity contribution in [3.63, 3.8) is 0 Å². The van der Waals surface area contributed by atoms with Crippen LogP contribution in [0.4, 0.5) is 0 Å². The summed E-state index contributed by atoms with van der Waals surface area (Å²) in [6, 6.07) is 0. The first-order valence-corrected chi connectivity index (χ1v) is 7.15. The zero-order chi connectivity index (χ0) is 11.6. The first-order chi connectivity index (χ1) is 7.61. The maximum absolute atomic E-state index is 4.71. The molecule has 2 rings (SSSR count). The van der Waals surface area contributed by atoms with E-state index in [0.717, 1.165) is 6.54 Å². The van der Waals surface area contributed by atoms with Gasteiger partial charge in [0.2, 0.25) is 0 Å². The Hall–Kier alpha value is -0.410. The number of hydrogen-bond acceptors (Lipinski definition) is 3. The van der Waals surface area contributed by atoms with Crippen molar-refractivity contribution in [3.05, 3.63) is 15.6 Å². The SMILES string of the molecule is CCCC(C)(C)NCc1nc2c(s1)CCC2. The molecule has 3 heteroatoms. The van der Waals surface area contributed by atoms with Crippen LogP contribution in [0.2, 0.25) is 0 Å². The second kappa shape index (κ2) is 4.84. The van der Waals surface area contributed by atoms with Gasteiger partial charge in [0, 0.05) is 17.0 Å². The molecule has 0 saturated heterocycles. The molecule has 1 aromatic heterocycles. The van der Waals surface area contributed by atoms with Crippen molar-refractivity contribution in [2.75, 3.05) is 0 Å². The molecule has 0 amide bonds. The molecule has 1 aliphatic rings. The highest BCUT2D eigenvalue weighted by Gasteiger charge is 2.19. The van der Waals surface area contributed by atoms with Crippen molar-refractivity contribution in [2.45, 2.75) is 65.0 Å². The molecule has 2 nitrogen and oxygen atoms in total. The summed E-state index contributed by atoms with van der Waals surface area (Å²) in [7, 11) is 0. The van der Waals surface area contributed by atoms with Crippen LogP contribution in [-0.2, 0) is 19.4 Å². The molecular weight excluding hydrogens is 216 g/mol. The van der Waals surface area contributed by atoms with Crippen LogP contribution in [0.1, 0.15) is 55.6 Å². The van der Waals surface area contributed by atoms with E-state index < -0.39 is 0 Å². The second-order valence-corrected chi connectivity index (χ2v) is 6.49. The molecule has 90 valence electrons. The molecule has 0 aromatic carbocycles. The molecule has 0 atom stereocenters. The van der Waals surface area contributed by atoms with Crippen molar-refractivity contribution in [3.8, 4) is 0 Å². The average Bonchev–Trinajstić information content (AvgIpc) is 2.73. The molecule has 1 aliphatic carbocycles. The van der Waals surface area contributed by atoms with Gasteiger partial charge in [-0.15, -0.1) is 11.3 Å². The highest BCUT2D eigenvalue weighted by molar-refractivity contribution is 7.11. The number of aromatic nitrogens is 1. The molecule has 0 radical (unpaired) electrons. The highest BCUT2D eigenvalue weighted by atomic mass is 32.1. The van der Waals surface area contributed by atoms with E-state index in [4.69, 9.17) is 4.98 Å². The number of rotatable bonds is 5. The summed E-state index contributed by atoms with van der Waals surface area (Å²) in [5.74, 6) is 0. The molecule has 0 aliphatic heterocycles. The normalized spacial score (nSPS) is 15.4. The summed E-state index contributed by atoms with van der Waals surface area (Å²) in [5.41, 5.74) is 1.61. The topological polar surface area (TPSA) is 24.9 Å². The Morgan fingerprint density at radius 3 is 2.88 bits per heavy atom. The summed E-state index contributed by atoms with van der Waals surface area (Å²) in [6.45, 7) is 7.72. The first-order valence-electron chi connectivity index (χ1n) is 6.33. The van der Waals surface area contributed by atoms with Gasteiger partial charge < -0.3 is 5.32 Å². The van der Waals surface area contributed by atoms with Crippen molar-refractivity contribution in [1.29, 1.82) is 0 Å². The number of hydrogen-bond donors (Lipinski definition) is 1. The fraction of sp³-hybridized carbons (Fsp3) is 0.769. The number of nitrogens with one attached hydrogen (secondary N) is 1. The van der Waals surface area contributed by atoms with E-state index in [1.54, 1.807) is 0 Å². The first kappa shape index (κ1) is 12.1. The van der Waals surface area contributed by atoms with Gasteiger partial charge in [0.05, 0.1) is 5.69 Å². The maximum atomic E-state index is 4.71. The number of aryl methyl sites for hydroxylation is 2. The Morgan fingerprint density at radius 2 is 2.19 bits per heavy atom. The molecule has 0 saturated carbocycles. The summed E-state index contributed by atoms with van der Waals surface area (Å²) in [4.78, 5) is 6.24. The molecule has 0 bridgehead atoms.